The molecule has 2 amide bonds. The van der Waals surface area contributed by atoms with Gasteiger partial charge in [-0.1, -0.05) is 29.4 Å². The highest BCUT2D eigenvalue weighted by Gasteiger charge is 2.39. The van der Waals surface area contributed by atoms with E-state index in [9.17, 15) is 9.59 Å². The van der Waals surface area contributed by atoms with E-state index < -0.39 is 12.0 Å². The standard InChI is InChI=1S/C10H15BrN2O3/c1-6-3-4-13(8(6)9(14)15)10(16)12-5-7(2)11/h6,8H,2-5H2,1H3,(H,12,16)(H,14,15). The Morgan fingerprint density at radius 2 is 2.25 bits per heavy atom. The number of aliphatic carboxylic acids is 1. The summed E-state index contributed by atoms with van der Waals surface area (Å²) in [6.45, 7) is 6.22. The summed E-state index contributed by atoms with van der Waals surface area (Å²) in [5.41, 5.74) is 0. The highest BCUT2D eigenvalue weighted by Crippen LogP contribution is 2.23. The van der Waals surface area contributed by atoms with E-state index >= 15 is 0 Å². The second-order valence-corrected chi connectivity index (χ2v) is 5.04. The molecule has 6 heteroatoms. The van der Waals surface area contributed by atoms with E-state index in [1.165, 1.54) is 4.90 Å². The van der Waals surface area contributed by atoms with E-state index in [1.54, 1.807) is 0 Å². The maximum absolute atomic E-state index is 11.7. The molecular weight excluding hydrogens is 276 g/mol. The van der Waals surface area contributed by atoms with Crippen LogP contribution in [0.1, 0.15) is 13.3 Å². The number of amides is 2. The molecule has 0 aromatic heterocycles. The second kappa shape index (κ2) is 5.34. The molecule has 1 fully saturated rings. The molecule has 2 atom stereocenters. The molecule has 1 heterocycles. The van der Waals surface area contributed by atoms with Gasteiger partial charge in [0.25, 0.3) is 0 Å². The van der Waals surface area contributed by atoms with Crippen molar-refractivity contribution >= 4 is 27.9 Å². The minimum atomic E-state index is -0.946. The van der Waals surface area contributed by atoms with Crippen LogP contribution in [0, 0.1) is 5.92 Å². The predicted octanol–water partition coefficient (Wildman–Crippen LogP) is 1.40. The number of nitrogens with one attached hydrogen (secondary N) is 1. The zero-order valence-corrected chi connectivity index (χ0v) is 10.7. The fourth-order valence-corrected chi connectivity index (χ4v) is 1.96. The van der Waals surface area contributed by atoms with Crippen LogP contribution in [0.3, 0.4) is 0 Å². The summed E-state index contributed by atoms with van der Waals surface area (Å²) in [6.07, 6.45) is 0.722. The van der Waals surface area contributed by atoms with Gasteiger partial charge in [-0.3, -0.25) is 0 Å². The fraction of sp³-hybridized carbons (Fsp3) is 0.600. The van der Waals surface area contributed by atoms with Crippen LogP contribution in [-0.2, 0) is 4.79 Å². The van der Waals surface area contributed by atoms with Gasteiger partial charge in [-0.2, -0.15) is 0 Å². The number of hydrogen-bond acceptors (Lipinski definition) is 2. The fourth-order valence-electron chi connectivity index (χ4n) is 1.82. The van der Waals surface area contributed by atoms with Crippen LogP contribution >= 0.6 is 15.9 Å². The molecule has 5 nitrogen and oxygen atoms in total. The van der Waals surface area contributed by atoms with Crippen molar-refractivity contribution < 1.29 is 14.7 Å². The van der Waals surface area contributed by atoms with Crippen molar-refractivity contribution in [2.24, 2.45) is 5.92 Å². The lowest BCUT2D eigenvalue weighted by Gasteiger charge is -2.23. The van der Waals surface area contributed by atoms with Crippen molar-refractivity contribution in [2.75, 3.05) is 13.1 Å². The van der Waals surface area contributed by atoms with Crippen LogP contribution in [-0.4, -0.2) is 41.1 Å². The molecule has 90 valence electrons. The number of carboxylic acid groups (broad SMARTS) is 1. The number of urea groups is 1. The summed E-state index contributed by atoms with van der Waals surface area (Å²) in [5.74, 6) is -0.951. The van der Waals surface area contributed by atoms with Crippen LogP contribution in [0.15, 0.2) is 11.1 Å². The topological polar surface area (TPSA) is 69.6 Å². The molecule has 0 spiro atoms. The van der Waals surface area contributed by atoms with Gasteiger partial charge in [-0.15, -0.1) is 0 Å². The van der Waals surface area contributed by atoms with Gasteiger partial charge < -0.3 is 15.3 Å². The van der Waals surface area contributed by atoms with Crippen molar-refractivity contribution in [1.82, 2.24) is 10.2 Å². The number of likely N-dealkylation sites (tertiary alicyclic amines) is 1. The molecule has 0 saturated carbocycles. The minimum absolute atomic E-state index is 0.00424. The van der Waals surface area contributed by atoms with E-state index in [0.717, 1.165) is 6.42 Å². The Hall–Kier alpha value is -1.04. The third kappa shape index (κ3) is 2.98. The van der Waals surface area contributed by atoms with Crippen LogP contribution in [0.2, 0.25) is 0 Å². The molecule has 1 aliphatic heterocycles. The molecule has 1 saturated heterocycles. The number of carbonyl (C=O) groups excluding carboxylic acids is 1. The van der Waals surface area contributed by atoms with Gasteiger partial charge in [0.05, 0.1) is 6.54 Å². The number of nitrogens with zero attached hydrogens (tertiary/aromatic N) is 1. The van der Waals surface area contributed by atoms with Crippen molar-refractivity contribution in [3.05, 3.63) is 11.1 Å². The Labute approximate surface area is 103 Å². The quantitative estimate of drug-likeness (QED) is 0.825. The molecule has 2 unspecified atom stereocenters. The number of hydrogen-bond donors (Lipinski definition) is 2. The summed E-state index contributed by atoms with van der Waals surface area (Å²) < 4.78 is 0.653. The van der Waals surface area contributed by atoms with Crippen molar-refractivity contribution in [3.63, 3.8) is 0 Å². The lowest BCUT2D eigenvalue weighted by molar-refractivity contribution is -0.142. The van der Waals surface area contributed by atoms with E-state index in [4.69, 9.17) is 5.11 Å². The molecule has 0 bridgehead atoms. The maximum atomic E-state index is 11.7. The summed E-state index contributed by atoms with van der Waals surface area (Å²) in [5, 5.41) is 11.6. The highest BCUT2D eigenvalue weighted by atomic mass is 79.9. The van der Waals surface area contributed by atoms with Crippen LogP contribution in [0.5, 0.6) is 0 Å². The van der Waals surface area contributed by atoms with Crippen molar-refractivity contribution in [2.45, 2.75) is 19.4 Å². The Morgan fingerprint density at radius 1 is 1.62 bits per heavy atom. The van der Waals surface area contributed by atoms with Gasteiger partial charge in [-0.05, 0) is 12.3 Å². The summed E-state index contributed by atoms with van der Waals surface area (Å²) in [6, 6.07) is -1.07. The molecule has 0 aliphatic carbocycles. The van der Waals surface area contributed by atoms with Gasteiger partial charge in [0, 0.05) is 11.0 Å². The summed E-state index contributed by atoms with van der Waals surface area (Å²) in [7, 11) is 0. The van der Waals surface area contributed by atoms with Gasteiger partial charge in [-0.25, -0.2) is 9.59 Å². The predicted molar refractivity (Wildman–Crippen MR) is 63.4 cm³/mol. The van der Waals surface area contributed by atoms with Crippen molar-refractivity contribution in [3.8, 4) is 0 Å². The number of halogens is 1. The minimum Gasteiger partial charge on any atom is -0.480 e. The average Bonchev–Trinajstić information content (AvgIpc) is 2.56. The molecule has 16 heavy (non-hydrogen) atoms. The smallest absolute Gasteiger partial charge is 0.326 e. The Kier molecular flexibility index (Phi) is 4.35. The Morgan fingerprint density at radius 3 is 2.75 bits per heavy atom. The normalized spacial score (nSPS) is 24.2. The van der Waals surface area contributed by atoms with Gasteiger partial charge in [0.2, 0.25) is 0 Å². The maximum Gasteiger partial charge on any atom is 0.326 e. The molecule has 1 aliphatic rings. The van der Waals surface area contributed by atoms with Crippen LogP contribution < -0.4 is 5.32 Å². The average molecular weight is 291 g/mol. The first kappa shape index (κ1) is 13.0. The Balaban J connectivity index is 2.61. The lowest BCUT2D eigenvalue weighted by atomic mass is 10.0. The van der Waals surface area contributed by atoms with Gasteiger partial charge >= 0.3 is 12.0 Å². The van der Waals surface area contributed by atoms with Gasteiger partial charge in [0.15, 0.2) is 0 Å². The number of carbonyl (C=O) groups is 2. The van der Waals surface area contributed by atoms with E-state index in [0.29, 0.717) is 17.6 Å². The first-order valence-corrected chi connectivity index (χ1v) is 5.83. The molecule has 1 rings (SSSR count). The first-order chi connectivity index (χ1) is 7.43. The summed E-state index contributed by atoms with van der Waals surface area (Å²) >= 11 is 3.12. The highest BCUT2D eigenvalue weighted by molar-refractivity contribution is 9.11. The zero-order chi connectivity index (χ0) is 12.3. The molecule has 0 radical (unpaired) electrons. The number of rotatable bonds is 3. The SMILES string of the molecule is C=C(Br)CNC(=O)N1CCC(C)C1C(=O)O. The second-order valence-electron chi connectivity index (χ2n) is 3.92. The summed E-state index contributed by atoms with van der Waals surface area (Å²) in [4.78, 5) is 24.1. The third-order valence-electron chi connectivity index (χ3n) is 2.65. The molecular formula is C10H15BrN2O3. The van der Waals surface area contributed by atoms with E-state index in [1.807, 2.05) is 6.92 Å². The van der Waals surface area contributed by atoms with Crippen molar-refractivity contribution in [1.29, 1.82) is 0 Å². The largest absolute Gasteiger partial charge is 0.480 e. The van der Waals surface area contributed by atoms with Gasteiger partial charge in [0.1, 0.15) is 6.04 Å². The zero-order valence-electron chi connectivity index (χ0n) is 9.07. The van der Waals surface area contributed by atoms with E-state index in [-0.39, 0.29) is 11.9 Å². The molecule has 0 aromatic carbocycles. The molecule has 0 aromatic rings. The Bertz CT molecular complexity index is 319. The van der Waals surface area contributed by atoms with Crippen LogP contribution in [0.25, 0.3) is 0 Å². The lowest BCUT2D eigenvalue weighted by Crippen LogP contribution is -2.47. The van der Waals surface area contributed by atoms with Crippen LogP contribution in [0.4, 0.5) is 4.79 Å². The van der Waals surface area contributed by atoms with E-state index in [2.05, 4.69) is 27.8 Å². The molecule has 2 N–H and O–H groups in total. The third-order valence-corrected chi connectivity index (χ3v) is 2.93. The number of carboxylic acids is 1. The first-order valence-electron chi connectivity index (χ1n) is 5.04. The monoisotopic (exact) mass is 290 g/mol.